The number of aliphatic hydroxyl groups is 1. The minimum Gasteiger partial charge on any atom is -0.388 e. The van der Waals surface area contributed by atoms with Crippen LogP contribution in [0.1, 0.15) is 12.8 Å². The molecule has 2 N–H and O–H groups in total. The second-order valence-corrected chi connectivity index (χ2v) is 4.17. The van der Waals surface area contributed by atoms with E-state index in [1.165, 1.54) is 0 Å². The minimum absolute atomic E-state index is 0.0497. The van der Waals surface area contributed by atoms with Gasteiger partial charge in [-0.3, -0.25) is 0 Å². The van der Waals surface area contributed by atoms with E-state index in [1.807, 2.05) is 0 Å². The summed E-state index contributed by atoms with van der Waals surface area (Å²) < 4.78 is 31.0. The van der Waals surface area contributed by atoms with Crippen molar-refractivity contribution in [2.24, 2.45) is 0 Å². The van der Waals surface area contributed by atoms with Crippen LogP contribution in [-0.2, 0) is 4.74 Å². The highest BCUT2D eigenvalue weighted by Gasteiger charge is 2.29. The number of ether oxygens (including phenoxy) is 1. The van der Waals surface area contributed by atoms with Gasteiger partial charge >= 0.3 is 0 Å². The van der Waals surface area contributed by atoms with Gasteiger partial charge in [0.1, 0.15) is 5.82 Å². The summed E-state index contributed by atoms with van der Waals surface area (Å²) in [5.41, 5.74) is -0.916. The smallest absolute Gasteiger partial charge is 0.168 e. The first-order valence-electron chi connectivity index (χ1n) is 5.44. The van der Waals surface area contributed by atoms with E-state index in [4.69, 9.17) is 4.74 Å². The molecule has 1 aliphatic rings. The molecule has 17 heavy (non-hydrogen) atoms. The van der Waals surface area contributed by atoms with Crippen LogP contribution >= 0.6 is 0 Å². The van der Waals surface area contributed by atoms with Gasteiger partial charge in [-0.15, -0.1) is 0 Å². The van der Waals surface area contributed by atoms with E-state index in [1.54, 1.807) is 0 Å². The molecule has 1 saturated heterocycles. The van der Waals surface area contributed by atoms with Gasteiger partial charge in [0, 0.05) is 38.7 Å². The molecule has 6 heteroatoms. The fourth-order valence-corrected chi connectivity index (χ4v) is 1.72. The van der Waals surface area contributed by atoms with Crippen molar-refractivity contribution in [2.45, 2.75) is 18.4 Å². The standard InChI is InChI=1S/C11H14F2N2O2/c12-8-5-9(13)10(14-6-8)15-7-11(16)1-3-17-4-2-11/h5-6,16H,1-4,7H2,(H,14,15). The van der Waals surface area contributed by atoms with Gasteiger partial charge in [-0.05, 0) is 0 Å². The van der Waals surface area contributed by atoms with E-state index in [9.17, 15) is 13.9 Å². The Kier molecular flexibility index (Phi) is 3.54. The lowest BCUT2D eigenvalue weighted by Gasteiger charge is -2.32. The third-order valence-electron chi connectivity index (χ3n) is 2.82. The zero-order valence-corrected chi connectivity index (χ0v) is 9.25. The summed E-state index contributed by atoms with van der Waals surface area (Å²) in [5.74, 6) is -1.54. The van der Waals surface area contributed by atoms with E-state index in [-0.39, 0.29) is 12.4 Å². The number of pyridine rings is 1. The highest BCUT2D eigenvalue weighted by Crippen LogP contribution is 2.21. The third kappa shape index (κ3) is 3.10. The summed E-state index contributed by atoms with van der Waals surface area (Å²) in [6.45, 7) is 1.14. The van der Waals surface area contributed by atoms with Crippen molar-refractivity contribution < 1.29 is 18.6 Å². The third-order valence-corrected chi connectivity index (χ3v) is 2.82. The van der Waals surface area contributed by atoms with Gasteiger partial charge in [0.05, 0.1) is 11.8 Å². The van der Waals surface area contributed by atoms with Crippen molar-refractivity contribution in [3.05, 3.63) is 23.9 Å². The SMILES string of the molecule is OC1(CNc2ncc(F)cc2F)CCOCC1. The molecule has 0 spiro atoms. The average Bonchev–Trinajstić information content (AvgIpc) is 2.29. The zero-order valence-electron chi connectivity index (χ0n) is 9.25. The van der Waals surface area contributed by atoms with Crippen molar-refractivity contribution in [1.29, 1.82) is 0 Å². The Balaban J connectivity index is 1.97. The molecule has 1 fully saturated rings. The highest BCUT2D eigenvalue weighted by molar-refractivity contribution is 5.36. The molecule has 2 heterocycles. The Morgan fingerprint density at radius 1 is 1.41 bits per heavy atom. The van der Waals surface area contributed by atoms with Crippen molar-refractivity contribution in [3.8, 4) is 0 Å². The van der Waals surface area contributed by atoms with Gasteiger partial charge in [0.2, 0.25) is 0 Å². The maximum Gasteiger partial charge on any atom is 0.168 e. The van der Waals surface area contributed by atoms with E-state index in [0.29, 0.717) is 26.1 Å². The topological polar surface area (TPSA) is 54.4 Å². The quantitative estimate of drug-likeness (QED) is 0.841. The zero-order chi connectivity index (χ0) is 12.3. The van der Waals surface area contributed by atoms with E-state index in [2.05, 4.69) is 10.3 Å². The van der Waals surface area contributed by atoms with Crippen molar-refractivity contribution in [1.82, 2.24) is 4.98 Å². The predicted octanol–water partition coefficient (Wildman–Crippen LogP) is 1.31. The lowest BCUT2D eigenvalue weighted by molar-refractivity contribution is -0.0544. The molecule has 1 aromatic rings. The number of hydrogen-bond acceptors (Lipinski definition) is 4. The van der Waals surface area contributed by atoms with Crippen molar-refractivity contribution >= 4 is 5.82 Å². The van der Waals surface area contributed by atoms with Gasteiger partial charge in [-0.2, -0.15) is 0 Å². The largest absolute Gasteiger partial charge is 0.388 e. The van der Waals surface area contributed by atoms with Gasteiger partial charge in [0.25, 0.3) is 0 Å². The Labute approximate surface area is 97.6 Å². The molecule has 0 radical (unpaired) electrons. The first kappa shape index (κ1) is 12.2. The van der Waals surface area contributed by atoms with Crippen molar-refractivity contribution in [3.63, 3.8) is 0 Å². The normalized spacial score (nSPS) is 19.0. The molecule has 0 saturated carbocycles. The number of aromatic nitrogens is 1. The fraction of sp³-hybridized carbons (Fsp3) is 0.545. The number of halogens is 2. The monoisotopic (exact) mass is 244 g/mol. The lowest BCUT2D eigenvalue weighted by Crippen LogP contribution is -2.42. The molecule has 1 aromatic heterocycles. The van der Waals surface area contributed by atoms with Crippen LogP contribution in [0.25, 0.3) is 0 Å². The summed E-state index contributed by atoms with van der Waals surface area (Å²) in [6, 6.07) is 0.753. The first-order chi connectivity index (χ1) is 8.09. The summed E-state index contributed by atoms with van der Waals surface area (Å²) in [4.78, 5) is 3.59. The maximum atomic E-state index is 13.3. The Hall–Kier alpha value is -1.27. The average molecular weight is 244 g/mol. The molecule has 0 aromatic carbocycles. The molecule has 0 atom stereocenters. The lowest BCUT2D eigenvalue weighted by atomic mass is 9.94. The van der Waals surface area contributed by atoms with Gasteiger partial charge < -0.3 is 15.2 Å². The van der Waals surface area contributed by atoms with Crippen LogP contribution in [0, 0.1) is 11.6 Å². The molecular formula is C11H14F2N2O2. The maximum absolute atomic E-state index is 13.3. The van der Waals surface area contributed by atoms with Gasteiger partial charge in [-0.25, -0.2) is 13.8 Å². The molecule has 0 unspecified atom stereocenters. The van der Waals surface area contributed by atoms with Crippen LogP contribution < -0.4 is 5.32 Å². The van der Waals surface area contributed by atoms with Crippen LogP contribution in [0.5, 0.6) is 0 Å². The second kappa shape index (κ2) is 4.93. The van der Waals surface area contributed by atoms with Crippen LogP contribution in [0.2, 0.25) is 0 Å². The fourth-order valence-electron chi connectivity index (χ4n) is 1.72. The van der Waals surface area contributed by atoms with Crippen LogP contribution in [0.3, 0.4) is 0 Å². The highest BCUT2D eigenvalue weighted by atomic mass is 19.1. The molecule has 2 rings (SSSR count). The van der Waals surface area contributed by atoms with Crippen LogP contribution in [0.15, 0.2) is 12.3 Å². The van der Waals surface area contributed by atoms with Crippen LogP contribution in [0.4, 0.5) is 14.6 Å². The summed E-state index contributed by atoms with van der Waals surface area (Å²) in [6.07, 6.45) is 1.91. The molecule has 1 aliphatic heterocycles. The molecule has 4 nitrogen and oxygen atoms in total. The summed E-state index contributed by atoms with van der Waals surface area (Å²) >= 11 is 0. The van der Waals surface area contributed by atoms with Crippen molar-refractivity contribution in [2.75, 3.05) is 25.1 Å². The molecule has 0 aliphatic carbocycles. The number of hydrogen-bond donors (Lipinski definition) is 2. The molecule has 0 bridgehead atoms. The Morgan fingerprint density at radius 3 is 2.76 bits per heavy atom. The minimum atomic E-state index is -0.916. The molecular weight excluding hydrogens is 230 g/mol. The van der Waals surface area contributed by atoms with E-state index < -0.39 is 17.2 Å². The van der Waals surface area contributed by atoms with Crippen LogP contribution in [-0.4, -0.2) is 35.5 Å². The van der Waals surface area contributed by atoms with E-state index in [0.717, 1.165) is 12.3 Å². The summed E-state index contributed by atoms with van der Waals surface area (Å²) in [7, 11) is 0. The first-order valence-corrected chi connectivity index (χ1v) is 5.44. The number of rotatable bonds is 3. The predicted molar refractivity (Wildman–Crippen MR) is 57.6 cm³/mol. The second-order valence-electron chi connectivity index (χ2n) is 4.17. The molecule has 94 valence electrons. The molecule has 0 amide bonds. The Morgan fingerprint density at radius 2 is 2.12 bits per heavy atom. The number of anilines is 1. The summed E-state index contributed by atoms with van der Waals surface area (Å²) in [5, 5.41) is 12.8. The Bertz CT molecular complexity index is 395. The van der Waals surface area contributed by atoms with Gasteiger partial charge in [0.15, 0.2) is 11.6 Å². The number of nitrogens with zero attached hydrogens (tertiary/aromatic N) is 1. The van der Waals surface area contributed by atoms with E-state index >= 15 is 0 Å². The van der Waals surface area contributed by atoms with Gasteiger partial charge in [-0.1, -0.05) is 0 Å². The number of nitrogens with one attached hydrogen (secondary N) is 1.